The van der Waals surface area contributed by atoms with Crippen LogP contribution < -0.4 is 5.32 Å². The molecule has 0 amide bonds. The minimum Gasteiger partial charge on any atom is -0.391 e. The molecule has 0 spiro atoms. The number of hydrogen-bond acceptors (Lipinski definition) is 7. The first-order valence-corrected chi connectivity index (χ1v) is 6.86. The van der Waals surface area contributed by atoms with Crippen molar-refractivity contribution in [1.82, 2.24) is 9.97 Å². The molecule has 0 radical (unpaired) electrons. The minimum absolute atomic E-state index is 0.146. The van der Waals surface area contributed by atoms with Crippen molar-refractivity contribution < 1.29 is 14.9 Å². The van der Waals surface area contributed by atoms with Crippen molar-refractivity contribution in [3.05, 3.63) is 11.8 Å². The third-order valence-corrected chi connectivity index (χ3v) is 3.50. The fourth-order valence-electron chi connectivity index (χ4n) is 1.76. The Kier molecular flexibility index (Phi) is 4.06. The third-order valence-electron chi connectivity index (χ3n) is 2.94. The molecule has 1 aromatic rings. The van der Waals surface area contributed by atoms with Gasteiger partial charge in [-0.05, 0) is 13.2 Å². The molecule has 2 rings (SSSR count). The SMILES string of the molecule is CSc1ncc(CO)c(NC2COCC2(C)O)n1. The van der Waals surface area contributed by atoms with E-state index in [0.717, 1.165) is 0 Å². The van der Waals surface area contributed by atoms with E-state index in [1.807, 2.05) is 6.26 Å². The van der Waals surface area contributed by atoms with Crippen LogP contribution in [0.1, 0.15) is 12.5 Å². The van der Waals surface area contributed by atoms with Crippen LogP contribution in [0.2, 0.25) is 0 Å². The van der Waals surface area contributed by atoms with Crippen molar-refractivity contribution in [2.45, 2.75) is 30.3 Å². The summed E-state index contributed by atoms with van der Waals surface area (Å²) < 4.78 is 5.25. The van der Waals surface area contributed by atoms with Crippen LogP contribution in [0.5, 0.6) is 0 Å². The topological polar surface area (TPSA) is 87.5 Å². The molecule has 6 nitrogen and oxygen atoms in total. The van der Waals surface area contributed by atoms with E-state index in [4.69, 9.17) is 4.74 Å². The first-order chi connectivity index (χ1) is 8.56. The molecule has 1 aliphatic heterocycles. The van der Waals surface area contributed by atoms with Crippen molar-refractivity contribution in [1.29, 1.82) is 0 Å². The molecule has 1 saturated heterocycles. The van der Waals surface area contributed by atoms with Crippen molar-refractivity contribution >= 4 is 17.6 Å². The van der Waals surface area contributed by atoms with Crippen LogP contribution in [-0.4, -0.2) is 51.3 Å². The van der Waals surface area contributed by atoms with Gasteiger partial charge in [-0.25, -0.2) is 9.97 Å². The summed E-state index contributed by atoms with van der Waals surface area (Å²) in [7, 11) is 0. The lowest BCUT2D eigenvalue weighted by atomic mass is 10.0. The zero-order valence-corrected chi connectivity index (χ0v) is 11.2. The molecular weight excluding hydrogens is 254 g/mol. The quantitative estimate of drug-likeness (QED) is 0.534. The lowest BCUT2D eigenvalue weighted by Crippen LogP contribution is -2.43. The Balaban J connectivity index is 2.21. The van der Waals surface area contributed by atoms with Gasteiger partial charge in [0.2, 0.25) is 0 Å². The average Bonchev–Trinajstić information content (AvgIpc) is 2.68. The summed E-state index contributed by atoms with van der Waals surface area (Å²) >= 11 is 1.42. The van der Waals surface area contributed by atoms with E-state index in [9.17, 15) is 10.2 Å². The Morgan fingerprint density at radius 2 is 2.44 bits per heavy atom. The molecule has 0 aromatic carbocycles. The number of nitrogens with zero attached hydrogens (tertiary/aromatic N) is 2. The number of anilines is 1. The van der Waals surface area contributed by atoms with Gasteiger partial charge in [0, 0.05) is 11.8 Å². The summed E-state index contributed by atoms with van der Waals surface area (Å²) in [4.78, 5) is 8.40. The van der Waals surface area contributed by atoms with E-state index in [1.165, 1.54) is 11.8 Å². The molecule has 2 heterocycles. The smallest absolute Gasteiger partial charge is 0.189 e. The summed E-state index contributed by atoms with van der Waals surface area (Å²) in [5, 5.41) is 23.1. The largest absolute Gasteiger partial charge is 0.391 e. The monoisotopic (exact) mass is 271 g/mol. The number of aliphatic hydroxyl groups is 2. The van der Waals surface area contributed by atoms with Gasteiger partial charge in [-0.1, -0.05) is 11.8 Å². The number of rotatable bonds is 4. The molecular formula is C11H17N3O3S. The normalized spacial score (nSPS) is 27.4. The molecule has 0 saturated carbocycles. The fourth-order valence-corrected chi connectivity index (χ4v) is 2.10. The van der Waals surface area contributed by atoms with Crippen molar-refractivity contribution in [3.8, 4) is 0 Å². The molecule has 1 aromatic heterocycles. The molecule has 1 fully saturated rings. The second kappa shape index (κ2) is 5.40. The van der Waals surface area contributed by atoms with Crippen molar-refractivity contribution in [2.75, 3.05) is 24.8 Å². The molecule has 7 heteroatoms. The maximum absolute atomic E-state index is 10.1. The number of aliphatic hydroxyl groups excluding tert-OH is 1. The Bertz CT molecular complexity index is 428. The second-order valence-electron chi connectivity index (χ2n) is 4.46. The minimum atomic E-state index is -0.933. The van der Waals surface area contributed by atoms with Crippen LogP contribution in [0.3, 0.4) is 0 Å². The van der Waals surface area contributed by atoms with E-state index in [0.29, 0.717) is 29.8 Å². The summed E-state index contributed by atoms with van der Waals surface area (Å²) in [5.74, 6) is 0.549. The van der Waals surface area contributed by atoms with E-state index >= 15 is 0 Å². The highest BCUT2D eigenvalue weighted by Crippen LogP contribution is 2.24. The van der Waals surface area contributed by atoms with Crippen LogP contribution in [-0.2, 0) is 11.3 Å². The highest BCUT2D eigenvalue weighted by Gasteiger charge is 2.38. The van der Waals surface area contributed by atoms with Crippen LogP contribution in [0.25, 0.3) is 0 Å². The van der Waals surface area contributed by atoms with E-state index in [1.54, 1.807) is 13.1 Å². The van der Waals surface area contributed by atoms with Crippen LogP contribution in [0, 0.1) is 0 Å². The molecule has 3 N–H and O–H groups in total. The van der Waals surface area contributed by atoms with Crippen LogP contribution >= 0.6 is 11.8 Å². The second-order valence-corrected chi connectivity index (χ2v) is 5.23. The highest BCUT2D eigenvalue weighted by atomic mass is 32.2. The highest BCUT2D eigenvalue weighted by molar-refractivity contribution is 7.98. The van der Waals surface area contributed by atoms with Gasteiger partial charge in [0.15, 0.2) is 5.16 Å². The first kappa shape index (κ1) is 13.5. The lowest BCUT2D eigenvalue weighted by Gasteiger charge is -2.25. The third kappa shape index (κ3) is 2.74. The van der Waals surface area contributed by atoms with Crippen LogP contribution in [0.15, 0.2) is 11.4 Å². The van der Waals surface area contributed by atoms with E-state index < -0.39 is 5.60 Å². The summed E-state index contributed by atoms with van der Waals surface area (Å²) in [5.41, 5.74) is -0.326. The Hall–Kier alpha value is -0.890. The molecule has 2 atom stereocenters. The average molecular weight is 271 g/mol. The van der Waals surface area contributed by atoms with Crippen molar-refractivity contribution in [2.24, 2.45) is 0 Å². The number of nitrogens with one attached hydrogen (secondary N) is 1. The summed E-state index contributed by atoms with van der Waals surface area (Å²) in [6.07, 6.45) is 3.47. The van der Waals surface area contributed by atoms with E-state index in [2.05, 4.69) is 15.3 Å². The number of ether oxygens (including phenoxy) is 1. The molecule has 0 aliphatic carbocycles. The zero-order chi connectivity index (χ0) is 13.2. The molecule has 0 bridgehead atoms. The molecule has 2 unspecified atom stereocenters. The number of thioether (sulfide) groups is 1. The fraction of sp³-hybridized carbons (Fsp3) is 0.636. The zero-order valence-electron chi connectivity index (χ0n) is 10.4. The van der Waals surface area contributed by atoms with Crippen molar-refractivity contribution in [3.63, 3.8) is 0 Å². The number of aromatic nitrogens is 2. The molecule has 100 valence electrons. The lowest BCUT2D eigenvalue weighted by molar-refractivity contribution is 0.0389. The maximum atomic E-state index is 10.1. The molecule has 18 heavy (non-hydrogen) atoms. The van der Waals surface area contributed by atoms with Gasteiger partial charge in [0.05, 0.1) is 25.9 Å². The molecule has 1 aliphatic rings. The van der Waals surface area contributed by atoms with Gasteiger partial charge in [0.1, 0.15) is 11.4 Å². The van der Waals surface area contributed by atoms with Gasteiger partial charge < -0.3 is 20.3 Å². The van der Waals surface area contributed by atoms with Gasteiger partial charge in [-0.15, -0.1) is 0 Å². The standard InChI is InChI=1S/C11H17N3O3S/c1-11(16)6-17-5-8(11)13-9-7(4-15)3-12-10(14-9)18-2/h3,8,15-16H,4-6H2,1-2H3,(H,12,13,14). The Morgan fingerprint density at radius 1 is 1.67 bits per heavy atom. The predicted molar refractivity (Wildman–Crippen MR) is 68.6 cm³/mol. The van der Waals surface area contributed by atoms with Gasteiger partial charge in [-0.2, -0.15) is 0 Å². The maximum Gasteiger partial charge on any atom is 0.189 e. The Morgan fingerprint density at radius 3 is 3.00 bits per heavy atom. The summed E-state index contributed by atoms with van der Waals surface area (Å²) in [6.45, 7) is 2.27. The van der Waals surface area contributed by atoms with E-state index in [-0.39, 0.29) is 12.6 Å². The first-order valence-electron chi connectivity index (χ1n) is 5.64. The number of hydrogen-bond donors (Lipinski definition) is 3. The summed E-state index contributed by atoms with van der Waals surface area (Å²) in [6, 6.07) is -0.243. The van der Waals surface area contributed by atoms with Gasteiger partial charge in [0.25, 0.3) is 0 Å². The van der Waals surface area contributed by atoms with Crippen LogP contribution in [0.4, 0.5) is 5.82 Å². The van der Waals surface area contributed by atoms with Gasteiger partial charge in [-0.3, -0.25) is 0 Å². The predicted octanol–water partition coefficient (Wildman–Crippen LogP) is 0.252. The Labute approximate surface area is 110 Å². The van der Waals surface area contributed by atoms with Gasteiger partial charge >= 0.3 is 0 Å².